The molecule has 10 nitrogen and oxygen atoms in total. The van der Waals surface area contributed by atoms with Crippen LogP contribution < -0.4 is 21.7 Å². The highest BCUT2D eigenvalue weighted by atomic mass is 32.1. The molecule has 5 N–H and O–H groups in total. The summed E-state index contributed by atoms with van der Waals surface area (Å²) in [4.78, 5) is 46.8. The van der Waals surface area contributed by atoms with Crippen molar-refractivity contribution in [2.75, 3.05) is 44.4 Å². The molecule has 0 spiro atoms. The molecule has 31 heavy (non-hydrogen) atoms. The fraction of sp³-hybridized carbons (Fsp3) is 0.526. The third-order valence-electron chi connectivity index (χ3n) is 4.12. The molecule has 0 saturated carbocycles. The Morgan fingerprint density at radius 2 is 1.58 bits per heavy atom. The van der Waals surface area contributed by atoms with Crippen molar-refractivity contribution >= 4 is 50.7 Å². The minimum absolute atomic E-state index is 0.139. The van der Waals surface area contributed by atoms with E-state index < -0.39 is 5.91 Å². The highest BCUT2D eigenvalue weighted by Crippen LogP contribution is 2.19. The van der Waals surface area contributed by atoms with Crippen LogP contribution in [0.3, 0.4) is 0 Å². The van der Waals surface area contributed by atoms with Crippen molar-refractivity contribution in [2.45, 2.75) is 32.1 Å². The topological polar surface area (TPSA) is 142 Å². The molecule has 0 bridgehead atoms. The minimum atomic E-state index is -0.452. The van der Waals surface area contributed by atoms with Gasteiger partial charge in [0.05, 0.1) is 0 Å². The van der Waals surface area contributed by atoms with Crippen LogP contribution in [0.15, 0.2) is 10.8 Å². The van der Waals surface area contributed by atoms with Gasteiger partial charge < -0.3 is 21.3 Å². The zero-order valence-electron chi connectivity index (χ0n) is 17.8. The first-order valence-corrected chi connectivity index (χ1v) is 11.8. The first kappa shape index (κ1) is 24.9. The van der Waals surface area contributed by atoms with E-state index in [4.69, 9.17) is 5.73 Å². The highest BCUT2D eigenvalue weighted by Gasteiger charge is 2.16. The molecule has 2 aromatic rings. The third kappa shape index (κ3) is 9.09. The zero-order chi connectivity index (χ0) is 22.6. The quantitative estimate of drug-likeness (QED) is 0.330. The van der Waals surface area contributed by atoms with Gasteiger partial charge in [0.25, 0.3) is 11.8 Å². The van der Waals surface area contributed by atoms with Gasteiger partial charge in [-0.2, -0.15) is 0 Å². The summed E-state index contributed by atoms with van der Waals surface area (Å²) in [7, 11) is 3.95. The van der Waals surface area contributed by atoms with E-state index >= 15 is 0 Å². The van der Waals surface area contributed by atoms with Gasteiger partial charge in [-0.15, -0.1) is 22.7 Å². The molecule has 2 aromatic heterocycles. The average Bonchev–Trinajstić information content (AvgIpc) is 3.38. The molecule has 0 unspecified atom stereocenters. The summed E-state index contributed by atoms with van der Waals surface area (Å²) in [6, 6.07) is 0. The van der Waals surface area contributed by atoms with E-state index in [0.29, 0.717) is 29.8 Å². The number of nitrogens with two attached hydrogens (primary N) is 1. The summed E-state index contributed by atoms with van der Waals surface area (Å²) in [6.07, 6.45) is 3.78. The standard InChI is InChI=1S/C19H29N7O3S2/c1-26(2)10-6-9-21-16(28)13-11-31-19(22-13)25-17(29)14-12-30-18(23-14)24-15(27)7-4-3-5-8-20/h11-12H,3-10,20H2,1-2H3,(H,21,28)(H,22,25,29)(H,23,24,27). The third-order valence-corrected chi connectivity index (χ3v) is 5.63. The second-order valence-corrected chi connectivity index (χ2v) is 8.81. The van der Waals surface area contributed by atoms with E-state index in [-0.39, 0.29) is 23.2 Å². The van der Waals surface area contributed by atoms with Crippen LogP contribution >= 0.6 is 22.7 Å². The summed E-state index contributed by atoms with van der Waals surface area (Å²) in [6.45, 7) is 2.05. The van der Waals surface area contributed by atoms with Crippen LogP contribution in [0, 0.1) is 0 Å². The van der Waals surface area contributed by atoms with E-state index in [2.05, 4.69) is 25.9 Å². The Labute approximate surface area is 189 Å². The number of carbonyl (C=O) groups excluding carboxylic acids is 3. The Morgan fingerprint density at radius 3 is 2.23 bits per heavy atom. The molecule has 0 aliphatic rings. The minimum Gasteiger partial charge on any atom is -0.351 e. The number of anilines is 2. The van der Waals surface area contributed by atoms with E-state index in [1.54, 1.807) is 10.8 Å². The first-order valence-electron chi connectivity index (χ1n) is 10.0. The van der Waals surface area contributed by atoms with E-state index in [0.717, 1.165) is 43.6 Å². The molecule has 2 heterocycles. The van der Waals surface area contributed by atoms with Crippen LogP contribution in [-0.4, -0.2) is 66.3 Å². The fourth-order valence-electron chi connectivity index (χ4n) is 2.51. The highest BCUT2D eigenvalue weighted by molar-refractivity contribution is 7.14. The Balaban J connectivity index is 1.79. The van der Waals surface area contributed by atoms with Crippen LogP contribution in [0.4, 0.5) is 10.3 Å². The number of nitrogens with zero attached hydrogens (tertiary/aromatic N) is 3. The maximum absolute atomic E-state index is 12.4. The Kier molecular flexibility index (Phi) is 10.5. The number of thiazole rings is 2. The predicted molar refractivity (Wildman–Crippen MR) is 124 cm³/mol. The summed E-state index contributed by atoms with van der Waals surface area (Å²) < 4.78 is 0. The Bertz CT molecular complexity index is 866. The van der Waals surface area contributed by atoms with Crippen LogP contribution in [0.1, 0.15) is 53.1 Å². The molecule has 3 amide bonds. The molecule has 0 atom stereocenters. The lowest BCUT2D eigenvalue weighted by Gasteiger charge is -2.09. The van der Waals surface area contributed by atoms with Gasteiger partial charge in [0.2, 0.25) is 5.91 Å². The van der Waals surface area contributed by atoms with Crippen LogP contribution in [0.25, 0.3) is 0 Å². The Morgan fingerprint density at radius 1 is 0.935 bits per heavy atom. The van der Waals surface area contributed by atoms with Crippen LogP contribution in [0.5, 0.6) is 0 Å². The van der Waals surface area contributed by atoms with E-state index in [1.807, 2.05) is 19.0 Å². The summed E-state index contributed by atoms with van der Waals surface area (Å²) in [5, 5.41) is 12.0. The lowest BCUT2D eigenvalue weighted by molar-refractivity contribution is -0.116. The molecule has 0 aromatic carbocycles. The van der Waals surface area contributed by atoms with Crippen molar-refractivity contribution in [3.63, 3.8) is 0 Å². The van der Waals surface area contributed by atoms with Crippen molar-refractivity contribution < 1.29 is 14.4 Å². The summed E-state index contributed by atoms with van der Waals surface area (Å²) >= 11 is 2.34. The average molecular weight is 468 g/mol. The van der Waals surface area contributed by atoms with Gasteiger partial charge in [-0.3, -0.25) is 19.7 Å². The molecular formula is C19H29N7O3S2. The number of rotatable bonds is 13. The molecule has 0 fully saturated rings. The maximum Gasteiger partial charge on any atom is 0.276 e. The van der Waals surface area contributed by atoms with Crippen molar-refractivity contribution in [3.8, 4) is 0 Å². The molecule has 12 heteroatoms. The van der Waals surface area contributed by atoms with Gasteiger partial charge in [0.15, 0.2) is 10.3 Å². The summed E-state index contributed by atoms with van der Waals surface area (Å²) in [5.74, 6) is -0.868. The molecule has 0 aliphatic carbocycles. The number of aromatic nitrogens is 2. The number of unbranched alkanes of at least 4 members (excludes halogenated alkanes) is 2. The molecule has 170 valence electrons. The fourth-order valence-corrected chi connectivity index (χ4v) is 3.90. The molecule has 0 radical (unpaired) electrons. The molecular weight excluding hydrogens is 438 g/mol. The second kappa shape index (κ2) is 13.1. The van der Waals surface area contributed by atoms with E-state index in [1.165, 1.54) is 11.3 Å². The first-order chi connectivity index (χ1) is 14.9. The predicted octanol–water partition coefficient (Wildman–Crippen LogP) is 1.99. The molecule has 2 rings (SSSR count). The summed E-state index contributed by atoms with van der Waals surface area (Å²) in [5.41, 5.74) is 5.86. The number of hydrogen-bond donors (Lipinski definition) is 4. The van der Waals surface area contributed by atoms with Crippen LogP contribution in [-0.2, 0) is 4.79 Å². The second-order valence-electron chi connectivity index (χ2n) is 7.09. The smallest absolute Gasteiger partial charge is 0.276 e. The van der Waals surface area contributed by atoms with Gasteiger partial charge in [-0.05, 0) is 46.4 Å². The normalized spacial score (nSPS) is 10.8. The van der Waals surface area contributed by atoms with Gasteiger partial charge >= 0.3 is 0 Å². The van der Waals surface area contributed by atoms with Crippen molar-refractivity contribution in [2.24, 2.45) is 5.73 Å². The monoisotopic (exact) mass is 467 g/mol. The lowest BCUT2D eigenvalue weighted by atomic mass is 10.2. The largest absolute Gasteiger partial charge is 0.351 e. The van der Waals surface area contributed by atoms with Gasteiger partial charge in [0.1, 0.15) is 11.4 Å². The number of nitrogens with one attached hydrogen (secondary N) is 3. The zero-order valence-corrected chi connectivity index (χ0v) is 19.4. The van der Waals surface area contributed by atoms with E-state index in [9.17, 15) is 14.4 Å². The van der Waals surface area contributed by atoms with Crippen molar-refractivity contribution in [3.05, 3.63) is 22.1 Å². The number of amides is 3. The van der Waals surface area contributed by atoms with Crippen molar-refractivity contribution in [1.29, 1.82) is 0 Å². The molecule has 0 aliphatic heterocycles. The number of carbonyl (C=O) groups is 3. The van der Waals surface area contributed by atoms with Gasteiger partial charge in [0, 0.05) is 23.7 Å². The van der Waals surface area contributed by atoms with Gasteiger partial charge in [-0.25, -0.2) is 9.97 Å². The van der Waals surface area contributed by atoms with Gasteiger partial charge in [-0.1, -0.05) is 6.42 Å². The Hall–Kier alpha value is -2.41. The molecule has 0 saturated heterocycles. The SMILES string of the molecule is CN(C)CCCNC(=O)c1csc(NC(=O)c2csc(NC(=O)CCCCCN)n2)n1. The van der Waals surface area contributed by atoms with Crippen LogP contribution in [0.2, 0.25) is 0 Å². The maximum atomic E-state index is 12.4. The number of hydrogen-bond acceptors (Lipinski definition) is 9. The lowest BCUT2D eigenvalue weighted by Crippen LogP contribution is -2.27. The van der Waals surface area contributed by atoms with Crippen molar-refractivity contribution in [1.82, 2.24) is 20.2 Å².